The molecular formula is C18H26Cl2N2O. The number of nitrogens with zero attached hydrogens (tertiary/aromatic N) is 1. The first-order valence-corrected chi connectivity index (χ1v) is 8.86. The van der Waals surface area contributed by atoms with Gasteiger partial charge in [-0.15, -0.1) is 12.4 Å². The summed E-state index contributed by atoms with van der Waals surface area (Å²) < 4.78 is 0. The molecule has 0 atom stereocenters. The van der Waals surface area contributed by atoms with Gasteiger partial charge in [0.15, 0.2) is 0 Å². The van der Waals surface area contributed by atoms with Crippen LogP contribution in [0.3, 0.4) is 0 Å². The van der Waals surface area contributed by atoms with E-state index in [0.29, 0.717) is 5.91 Å². The van der Waals surface area contributed by atoms with Crippen LogP contribution in [0.15, 0.2) is 24.3 Å². The zero-order valence-corrected chi connectivity index (χ0v) is 15.1. The van der Waals surface area contributed by atoms with Crippen molar-refractivity contribution in [2.75, 3.05) is 26.2 Å². The summed E-state index contributed by atoms with van der Waals surface area (Å²) in [7, 11) is 0. The quantitative estimate of drug-likeness (QED) is 0.874. The molecule has 3 nitrogen and oxygen atoms in total. The number of carbonyl (C=O) groups excluding carboxylic acids is 1. The Kier molecular flexibility index (Phi) is 6.75. The van der Waals surface area contributed by atoms with Crippen LogP contribution in [0, 0.1) is 0 Å². The second-order valence-electron chi connectivity index (χ2n) is 6.55. The molecule has 1 amide bonds. The lowest BCUT2D eigenvalue weighted by Crippen LogP contribution is -2.49. The van der Waals surface area contributed by atoms with Crippen LogP contribution >= 0.6 is 24.0 Å². The average molecular weight is 357 g/mol. The van der Waals surface area contributed by atoms with E-state index in [-0.39, 0.29) is 17.8 Å². The van der Waals surface area contributed by atoms with E-state index in [2.05, 4.69) is 22.3 Å². The summed E-state index contributed by atoms with van der Waals surface area (Å²) in [6, 6.07) is 7.96. The summed E-state index contributed by atoms with van der Waals surface area (Å²) in [5.41, 5.74) is 0.825. The summed E-state index contributed by atoms with van der Waals surface area (Å²) in [6.07, 6.45) is 6.50. The number of rotatable bonds is 2. The van der Waals surface area contributed by atoms with Crippen LogP contribution in [0.5, 0.6) is 0 Å². The number of halogens is 2. The molecule has 1 aromatic carbocycles. The van der Waals surface area contributed by atoms with Gasteiger partial charge in [-0.1, -0.05) is 43.0 Å². The highest BCUT2D eigenvalue weighted by Crippen LogP contribution is 2.41. The fourth-order valence-corrected chi connectivity index (χ4v) is 4.03. The summed E-state index contributed by atoms with van der Waals surface area (Å²) >= 11 is 6.04. The highest BCUT2D eigenvalue weighted by atomic mass is 35.5. The molecule has 2 fully saturated rings. The number of carbonyl (C=O) groups is 1. The molecule has 1 aliphatic heterocycles. The molecule has 0 aromatic heterocycles. The fraction of sp³-hybridized carbons (Fsp3) is 0.611. The van der Waals surface area contributed by atoms with Crippen molar-refractivity contribution in [3.8, 4) is 0 Å². The molecule has 1 heterocycles. The first-order valence-electron chi connectivity index (χ1n) is 8.48. The van der Waals surface area contributed by atoms with Gasteiger partial charge in [0.25, 0.3) is 0 Å². The first-order chi connectivity index (χ1) is 10.7. The van der Waals surface area contributed by atoms with E-state index in [1.807, 2.05) is 12.1 Å². The molecule has 128 valence electrons. The smallest absolute Gasteiger partial charge is 0.233 e. The molecule has 3 rings (SSSR count). The Bertz CT molecular complexity index is 504. The monoisotopic (exact) mass is 356 g/mol. The predicted octanol–water partition coefficient (Wildman–Crippen LogP) is 3.79. The van der Waals surface area contributed by atoms with Gasteiger partial charge in [-0.05, 0) is 43.5 Å². The van der Waals surface area contributed by atoms with E-state index >= 15 is 0 Å². The standard InChI is InChI=1S/C18H25ClN2O.ClH/c19-16-7-5-15(6-8-16)18(9-2-1-3-10-18)17(22)21-13-4-11-20-12-14-21;/h5-8,20H,1-4,9-14H2;1H. The molecule has 0 radical (unpaired) electrons. The summed E-state index contributed by atoms with van der Waals surface area (Å²) in [5.74, 6) is 0.332. The topological polar surface area (TPSA) is 32.3 Å². The Morgan fingerprint density at radius 3 is 2.39 bits per heavy atom. The van der Waals surface area contributed by atoms with Crippen LogP contribution in [0.2, 0.25) is 5.02 Å². The van der Waals surface area contributed by atoms with Crippen molar-refractivity contribution in [3.05, 3.63) is 34.9 Å². The first kappa shape index (κ1) is 18.6. The van der Waals surface area contributed by atoms with E-state index < -0.39 is 0 Å². The minimum absolute atomic E-state index is 0. The van der Waals surface area contributed by atoms with Crippen molar-refractivity contribution < 1.29 is 4.79 Å². The van der Waals surface area contributed by atoms with Crippen LogP contribution in [0.1, 0.15) is 44.1 Å². The van der Waals surface area contributed by atoms with Crippen LogP contribution in [0.25, 0.3) is 0 Å². The molecular weight excluding hydrogens is 331 g/mol. The summed E-state index contributed by atoms with van der Waals surface area (Å²) in [4.78, 5) is 15.5. The highest BCUT2D eigenvalue weighted by molar-refractivity contribution is 6.30. The number of benzene rings is 1. The number of nitrogens with one attached hydrogen (secondary N) is 1. The van der Waals surface area contributed by atoms with Gasteiger partial charge in [-0.3, -0.25) is 4.79 Å². The lowest BCUT2D eigenvalue weighted by molar-refractivity contribution is -0.138. The number of amides is 1. The molecule has 1 aromatic rings. The molecule has 5 heteroatoms. The van der Waals surface area contributed by atoms with Crippen LogP contribution < -0.4 is 5.32 Å². The van der Waals surface area contributed by atoms with Crippen molar-refractivity contribution in [3.63, 3.8) is 0 Å². The molecule has 1 N–H and O–H groups in total. The largest absolute Gasteiger partial charge is 0.341 e. The minimum Gasteiger partial charge on any atom is -0.341 e. The Balaban J connectivity index is 0.00000192. The molecule has 0 unspecified atom stereocenters. The van der Waals surface area contributed by atoms with E-state index in [9.17, 15) is 4.79 Å². The molecule has 1 saturated heterocycles. The third-order valence-electron chi connectivity index (χ3n) is 5.14. The average Bonchev–Trinajstić information content (AvgIpc) is 2.84. The Morgan fingerprint density at radius 1 is 1.00 bits per heavy atom. The minimum atomic E-state index is -0.326. The molecule has 2 aliphatic rings. The zero-order chi connectivity index (χ0) is 15.4. The molecule has 1 aliphatic carbocycles. The molecule has 23 heavy (non-hydrogen) atoms. The zero-order valence-electron chi connectivity index (χ0n) is 13.5. The number of hydrogen-bond donors (Lipinski definition) is 1. The van der Waals surface area contributed by atoms with Gasteiger partial charge in [0.05, 0.1) is 5.41 Å². The lowest BCUT2D eigenvalue weighted by atomic mass is 9.68. The van der Waals surface area contributed by atoms with Crippen molar-refractivity contribution in [1.29, 1.82) is 0 Å². The van der Waals surface area contributed by atoms with Crippen molar-refractivity contribution in [2.24, 2.45) is 0 Å². The van der Waals surface area contributed by atoms with Gasteiger partial charge in [0.2, 0.25) is 5.91 Å². The van der Waals surface area contributed by atoms with E-state index in [1.165, 1.54) is 6.42 Å². The van der Waals surface area contributed by atoms with Gasteiger partial charge in [0.1, 0.15) is 0 Å². The normalized spacial score (nSPS) is 21.2. The Labute approximate surface area is 150 Å². The van der Waals surface area contributed by atoms with E-state index in [0.717, 1.165) is 68.9 Å². The lowest BCUT2D eigenvalue weighted by Gasteiger charge is -2.40. The third kappa shape index (κ3) is 4.01. The van der Waals surface area contributed by atoms with Crippen LogP contribution in [0.4, 0.5) is 0 Å². The Hall–Kier alpha value is -0.770. The second kappa shape index (κ2) is 8.36. The van der Waals surface area contributed by atoms with Gasteiger partial charge in [-0.2, -0.15) is 0 Å². The van der Waals surface area contributed by atoms with Gasteiger partial charge in [0, 0.05) is 24.7 Å². The Morgan fingerprint density at radius 2 is 1.70 bits per heavy atom. The predicted molar refractivity (Wildman–Crippen MR) is 97.5 cm³/mol. The third-order valence-corrected chi connectivity index (χ3v) is 5.39. The van der Waals surface area contributed by atoms with Crippen molar-refractivity contribution in [1.82, 2.24) is 10.2 Å². The highest BCUT2D eigenvalue weighted by Gasteiger charge is 2.43. The van der Waals surface area contributed by atoms with E-state index in [1.54, 1.807) is 0 Å². The second-order valence-corrected chi connectivity index (χ2v) is 6.98. The van der Waals surface area contributed by atoms with Crippen molar-refractivity contribution >= 4 is 29.9 Å². The maximum atomic E-state index is 13.4. The van der Waals surface area contributed by atoms with Crippen molar-refractivity contribution in [2.45, 2.75) is 43.9 Å². The molecule has 1 saturated carbocycles. The molecule has 0 bridgehead atoms. The van der Waals surface area contributed by atoms with Gasteiger partial charge < -0.3 is 10.2 Å². The summed E-state index contributed by atoms with van der Waals surface area (Å²) in [5, 5.41) is 4.12. The van der Waals surface area contributed by atoms with Crippen LogP contribution in [-0.4, -0.2) is 37.0 Å². The van der Waals surface area contributed by atoms with Gasteiger partial charge >= 0.3 is 0 Å². The molecule has 0 spiro atoms. The maximum absolute atomic E-state index is 13.4. The maximum Gasteiger partial charge on any atom is 0.233 e. The number of hydrogen-bond acceptors (Lipinski definition) is 2. The fourth-order valence-electron chi connectivity index (χ4n) is 3.90. The van der Waals surface area contributed by atoms with Gasteiger partial charge in [-0.25, -0.2) is 0 Å². The summed E-state index contributed by atoms with van der Waals surface area (Å²) in [6.45, 7) is 3.62. The van der Waals surface area contributed by atoms with Crippen LogP contribution in [-0.2, 0) is 10.2 Å². The SMILES string of the molecule is Cl.O=C(N1CCCNCC1)C1(c2ccc(Cl)cc2)CCCCC1. The van der Waals surface area contributed by atoms with E-state index in [4.69, 9.17) is 11.6 Å².